The Balaban J connectivity index is 2.46. The quantitative estimate of drug-likeness (QED) is 0.694. The average molecular weight is 363 g/mol. The van der Waals surface area contributed by atoms with Gasteiger partial charge in [-0.3, -0.25) is 9.59 Å². The molecule has 1 aromatic rings. The van der Waals surface area contributed by atoms with Crippen molar-refractivity contribution in [2.24, 2.45) is 5.92 Å². The van der Waals surface area contributed by atoms with Crippen LogP contribution in [0, 0.1) is 5.92 Å². The third-order valence-electron chi connectivity index (χ3n) is 3.09. The van der Waals surface area contributed by atoms with E-state index in [1.54, 1.807) is 39.0 Å². The van der Waals surface area contributed by atoms with Gasteiger partial charge >= 0.3 is 6.09 Å². The van der Waals surface area contributed by atoms with E-state index in [1.807, 2.05) is 19.9 Å². The lowest BCUT2D eigenvalue weighted by molar-refractivity contribution is -0.122. The first-order valence-electron chi connectivity index (χ1n) is 8.67. The highest BCUT2D eigenvalue weighted by atomic mass is 16.6. The van der Waals surface area contributed by atoms with Crippen molar-refractivity contribution in [2.45, 2.75) is 53.2 Å². The van der Waals surface area contributed by atoms with Gasteiger partial charge in [0, 0.05) is 18.7 Å². The zero-order chi connectivity index (χ0) is 19.7. The van der Waals surface area contributed by atoms with E-state index in [2.05, 4.69) is 16.0 Å². The summed E-state index contributed by atoms with van der Waals surface area (Å²) < 4.78 is 5.07. The summed E-state index contributed by atoms with van der Waals surface area (Å²) in [7, 11) is 0. The van der Waals surface area contributed by atoms with Gasteiger partial charge in [0.2, 0.25) is 11.8 Å². The van der Waals surface area contributed by atoms with Crippen LogP contribution in [-0.2, 0) is 20.9 Å². The van der Waals surface area contributed by atoms with Crippen LogP contribution in [0.4, 0.5) is 10.5 Å². The fourth-order valence-electron chi connectivity index (χ4n) is 2.07. The Kier molecular flexibility index (Phi) is 8.09. The number of hydrogen-bond donors (Lipinski definition) is 3. The number of hydrogen-bond acceptors (Lipinski definition) is 4. The topological polar surface area (TPSA) is 96.5 Å². The summed E-state index contributed by atoms with van der Waals surface area (Å²) in [5.74, 6) is -0.0639. The maximum absolute atomic E-state index is 11.9. The monoisotopic (exact) mass is 363 g/mol. The van der Waals surface area contributed by atoms with Gasteiger partial charge in [0.1, 0.15) is 12.1 Å². The van der Waals surface area contributed by atoms with Gasteiger partial charge in [-0.2, -0.15) is 0 Å². The van der Waals surface area contributed by atoms with E-state index >= 15 is 0 Å². The van der Waals surface area contributed by atoms with Gasteiger partial charge in [-0.1, -0.05) is 26.0 Å². The number of amides is 3. The van der Waals surface area contributed by atoms with Crippen LogP contribution >= 0.6 is 0 Å². The lowest BCUT2D eigenvalue weighted by atomic mass is 10.1. The Morgan fingerprint density at radius 3 is 2.38 bits per heavy atom. The largest absolute Gasteiger partial charge is 0.444 e. The highest BCUT2D eigenvalue weighted by Gasteiger charge is 2.16. The molecule has 26 heavy (non-hydrogen) atoms. The molecule has 0 aromatic heterocycles. The summed E-state index contributed by atoms with van der Waals surface area (Å²) in [4.78, 5) is 35.2. The first kappa shape index (κ1) is 21.5. The van der Waals surface area contributed by atoms with E-state index in [9.17, 15) is 14.4 Å². The molecule has 0 atom stereocenters. The van der Waals surface area contributed by atoms with E-state index in [0.29, 0.717) is 24.6 Å². The summed E-state index contributed by atoms with van der Waals surface area (Å²) in [6, 6.07) is 7.18. The Morgan fingerprint density at radius 1 is 1.08 bits per heavy atom. The van der Waals surface area contributed by atoms with Gasteiger partial charge in [-0.25, -0.2) is 4.79 Å². The molecule has 3 N–H and O–H groups in total. The van der Waals surface area contributed by atoms with E-state index in [4.69, 9.17) is 4.74 Å². The van der Waals surface area contributed by atoms with E-state index in [1.165, 1.54) is 0 Å². The molecule has 0 spiro atoms. The van der Waals surface area contributed by atoms with Crippen molar-refractivity contribution in [3.8, 4) is 0 Å². The highest BCUT2D eigenvalue weighted by Crippen LogP contribution is 2.11. The molecule has 144 valence electrons. The molecule has 0 bridgehead atoms. The molecular formula is C19H29N3O4. The van der Waals surface area contributed by atoms with Gasteiger partial charge in [-0.15, -0.1) is 0 Å². The van der Waals surface area contributed by atoms with Crippen LogP contribution in [0.1, 0.15) is 46.6 Å². The second-order valence-electron chi connectivity index (χ2n) is 7.48. The van der Waals surface area contributed by atoms with Crippen molar-refractivity contribution in [3.05, 3.63) is 29.8 Å². The van der Waals surface area contributed by atoms with Crippen molar-refractivity contribution in [3.63, 3.8) is 0 Å². The van der Waals surface area contributed by atoms with Crippen molar-refractivity contribution < 1.29 is 19.1 Å². The lowest BCUT2D eigenvalue weighted by Crippen LogP contribution is -2.37. The van der Waals surface area contributed by atoms with Crippen LogP contribution in [0.25, 0.3) is 0 Å². The van der Waals surface area contributed by atoms with Gasteiger partial charge in [0.15, 0.2) is 0 Å². The van der Waals surface area contributed by atoms with E-state index in [-0.39, 0.29) is 18.4 Å². The standard InChI is InChI=1S/C19H29N3O4/c1-13(2)9-16(23)20-11-14-7-6-8-15(10-14)22-17(24)12-21-18(25)26-19(3,4)5/h6-8,10,13H,9,11-12H2,1-5H3,(H,20,23)(H,21,25)(H,22,24). The molecule has 3 amide bonds. The number of carbonyl (C=O) groups is 3. The molecule has 0 saturated carbocycles. The number of benzene rings is 1. The Bertz CT molecular complexity index is 636. The SMILES string of the molecule is CC(C)CC(=O)NCc1cccc(NC(=O)CNC(=O)OC(C)(C)C)c1. The predicted octanol–water partition coefficient (Wildman–Crippen LogP) is 2.81. The molecule has 0 fully saturated rings. The minimum atomic E-state index is -0.644. The summed E-state index contributed by atoms with van der Waals surface area (Å²) >= 11 is 0. The van der Waals surface area contributed by atoms with Crippen molar-refractivity contribution in [1.29, 1.82) is 0 Å². The molecule has 1 rings (SSSR count). The zero-order valence-electron chi connectivity index (χ0n) is 16.1. The van der Waals surface area contributed by atoms with Gasteiger partial charge in [-0.05, 0) is 44.4 Å². The minimum Gasteiger partial charge on any atom is -0.444 e. The normalized spacial score (nSPS) is 11.0. The maximum atomic E-state index is 11.9. The van der Waals surface area contributed by atoms with Crippen LogP contribution < -0.4 is 16.0 Å². The Morgan fingerprint density at radius 2 is 1.77 bits per heavy atom. The zero-order valence-corrected chi connectivity index (χ0v) is 16.1. The van der Waals surface area contributed by atoms with Crippen LogP contribution in [0.5, 0.6) is 0 Å². The third-order valence-corrected chi connectivity index (χ3v) is 3.09. The summed E-state index contributed by atoms with van der Waals surface area (Å²) in [6.07, 6.45) is -0.165. The fourth-order valence-corrected chi connectivity index (χ4v) is 2.07. The number of ether oxygens (including phenoxy) is 1. The molecule has 7 nitrogen and oxygen atoms in total. The van der Waals surface area contributed by atoms with Crippen LogP contribution in [0.2, 0.25) is 0 Å². The lowest BCUT2D eigenvalue weighted by Gasteiger charge is -2.19. The first-order chi connectivity index (χ1) is 12.0. The highest BCUT2D eigenvalue weighted by molar-refractivity contribution is 5.93. The number of alkyl carbamates (subject to hydrolysis) is 1. The first-order valence-corrected chi connectivity index (χ1v) is 8.67. The minimum absolute atomic E-state index is 0.00370. The predicted molar refractivity (Wildman–Crippen MR) is 101 cm³/mol. The molecule has 0 heterocycles. The third kappa shape index (κ3) is 9.66. The van der Waals surface area contributed by atoms with Crippen LogP contribution in [0.15, 0.2) is 24.3 Å². The van der Waals surface area contributed by atoms with Gasteiger partial charge < -0.3 is 20.7 Å². The summed E-state index contributed by atoms with van der Waals surface area (Å²) in [6.45, 7) is 9.42. The smallest absolute Gasteiger partial charge is 0.408 e. The number of rotatable bonds is 7. The number of anilines is 1. The molecule has 0 aliphatic rings. The molecular weight excluding hydrogens is 334 g/mol. The Hall–Kier alpha value is -2.57. The molecule has 0 aliphatic heterocycles. The van der Waals surface area contributed by atoms with E-state index < -0.39 is 11.7 Å². The molecule has 0 radical (unpaired) electrons. The molecule has 1 aromatic carbocycles. The maximum Gasteiger partial charge on any atom is 0.408 e. The van der Waals surface area contributed by atoms with Gasteiger partial charge in [0.05, 0.1) is 0 Å². The second kappa shape index (κ2) is 9.79. The van der Waals surface area contributed by atoms with Crippen LogP contribution in [0.3, 0.4) is 0 Å². The van der Waals surface area contributed by atoms with E-state index in [0.717, 1.165) is 5.56 Å². The van der Waals surface area contributed by atoms with Crippen molar-refractivity contribution >= 4 is 23.6 Å². The van der Waals surface area contributed by atoms with Crippen molar-refractivity contribution in [1.82, 2.24) is 10.6 Å². The summed E-state index contributed by atoms with van der Waals surface area (Å²) in [5.41, 5.74) is 0.853. The molecule has 7 heteroatoms. The Labute approximate surface area is 154 Å². The summed E-state index contributed by atoms with van der Waals surface area (Å²) in [5, 5.41) is 7.95. The number of nitrogens with one attached hydrogen (secondary N) is 3. The van der Waals surface area contributed by atoms with Crippen molar-refractivity contribution in [2.75, 3.05) is 11.9 Å². The molecule has 0 saturated heterocycles. The molecule has 0 unspecified atom stereocenters. The number of carbonyl (C=O) groups excluding carboxylic acids is 3. The fraction of sp³-hybridized carbons (Fsp3) is 0.526. The average Bonchev–Trinajstić information content (AvgIpc) is 2.49. The second-order valence-corrected chi connectivity index (χ2v) is 7.48. The van der Waals surface area contributed by atoms with Crippen LogP contribution in [-0.4, -0.2) is 30.1 Å². The van der Waals surface area contributed by atoms with Gasteiger partial charge in [0.25, 0.3) is 0 Å². The molecule has 0 aliphatic carbocycles.